The summed E-state index contributed by atoms with van der Waals surface area (Å²) in [6.07, 6.45) is 2.85. The Kier molecular flexibility index (Phi) is 5.36. The summed E-state index contributed by atoms with van der Waals surface area (Å²) in [6.45, 7) is 5.31. The van der Waals surface area contributed by atoms with Crippen molar-refractivity contribution in [3.05, 3.63) is 53.3 Å². The molecule has 2 aromatic rings. The molecule has 122 valence electrons. The van der Waals surface area contributed by atoms with Crippen molar-refractivity contribution >= 4 is 17.3 Å². The number of pyridine rings is 1. The lowest BCUT2D eigenvalue weighted by Crippen LogP contribution is -2.47. The Hall–Kier alpha value is -1.78. The molecule has 0 aliphatic carbocycles. The lowest BCUT2D eigenvalue weighted by atomic mass is 10.1. The highest BCUT2D eigenvalue weighted by molar-refractivity contribution is 6.29. The number of hydrogen-bond donors (Lipinski definition) is 0. The van der Waals surface area contributed by atoms with Crippen LogP contribution in [0.1, 0.15) is 5.56 Å². The van der Waals surface area contributed by atoms with E-state index in [2.05, 4.69) is 26.9 Å². The molecule has 2 heterocycles. The molecule has 3 rings (SSSR count). The van der Waals surface area contributed by atoms with E-state index < -0.39 is 0 Å². The van der Waals surface area contributed by atoms with Crippen LogP contribution in [-0.4, -0.2) is 49.7 Å². The van der Waals surface area contributed by atoms with Gasteiger partial charge in [0.15, 0.2) is 0 Å². The third-order valence-electron chi connectivity index (χ3n) is 4.32. The minimum atomic E-state index is 0.560. The number of hydrogen-bond acceptors (Lipinski definition) is 4. The van der Waals surface area contributed by atoms with Crippen molar-refractivity contribution < 1.29 is 4.74 Å². The van der Waals surface area contributed by atoms with Crippen molar-refractivity contribution in [2.24, 2.45) is 0 Å². The quantitative estimate of drug-likeness (QED) is 0.787. The number of ether oxygens (including phenoxy) is 1. The van der Waals surface area contributed by atoms with Crippen molar-refractivity contribution in [1.82, 2.24) is 9.88 Å². The second-order valence-electron chi connectivity index (χ2n) is 5.76. The molecule has 0 amide bonds. The minimum Gasteiger partial charge on any atom is -0.497 e. The van der Waals surface area contributed by atoms with Crippen molar-refractivity contribution in [1.29, 1.82) is 0 Å². The first-order valence-electron chi connectivity index (χ1n) is 7.96. The van der Waals surface area contributed by atoms with Crippen molar-refractivity contribution in [3.8, 4) is 5.75 Å². The predicted octanol–water partition coefficient (Wildman–Crippen LogP) is 3.11. The van der Waals surface area contributed by atoms with Crippen LogP contribution >= 0.6 is 11.6 Å². The lowest BCUT2D eigenvalue weighted by molar-refractivity contribution is 0.261. The lowest BCUT2D eigenvalue weighted by Gasteiger charge is -2.36. The fourth-order valence-corrected chi connectivity index (χ4v) is 3.07. The van der Waals surface area contributed by atoms with Gasteiger partial charge in [-0.3, -0.25) is 4.90 Å². The summed E-state index contributed by atoms with van der Waals surface area (Å²) in [4.78, 5) is 8.93. The van der Waals surface area contributed by atoms with Gasteiger partial charge in [-0.05, 0) is 36.2 Å². The van der Waals surface area contributed by atoms with Crippen LogP contribution in [0.2, 0.25) is 5.15 Å². The van der Waals surface area contributed by atoms with E-state index in [1.807, 2.05) is 24.3 Å². The molecule has 0 bridgehead atoms. The Morgan fingerprint density at radius 1 is 1.09 bits per heavy atom. The Labute approximate surface area is 142 Å². The zero-order valence-electron chi connectivity index (χ0n) is 13.4. The topological polar surface area (TPSA) is 28.6 Å². The van der Waals surface area contributed by atoms with Crippen LogP contribution in [0.5, 0.6) is 5.75 Å². The predicted molar refractivity (Wildman–Crippen MR) is 94.6 cm³/mol. The summed E-state index contributed by atoms with van der Waals surface area (Å²) < 4.78 is 5.20. The molecule has 0 N–H and O–H groups in total. The molecule has 1 aliphatic rings. The number of nitrogens with zero attached hydrogens (tertiary/aromatic N) is 3. The highest BCUT2D eigenvalue weighted by atomic mass is 35.5. The molecule has 0 spiro atoms. The SMILES string of the molecule is COc1ccc(CCN2CCN(c3ccnc(Cl)c3)CC2)cc1. The Balaban J connectivity index is 1.47. The molecule has 0 saturated carbocycles. The van der Waals surface area contributed by atoms with E-state index in [1.54, 1.807) is 13.3 Å². The zero-order chi connectivity index (χ0) is 16.1. The van der Waals surface area contributed by atoms with Gasteiger partial charge in [-0.25, -0.2) is 4.98 Å². The van der Waals surface area contributed by atoms with E-state index in [-0.39, 0.29) is 0 Å². The van der Waals surface area contributed by atoms with Gasteiger partial charge in [-0.2, -0.15) is 0 Å². The summed E-state index contributed by atoms with van der Waals surface area (Å²) in [5, 5.41) is 0.560. The first-order chi connectivity index (χ1) is 11.2. The van der Waals surface area contributed by atoms with Gasteiger partial charge in [-0.1, -0.05) is 23.7 Å². The maximum atomic E-state index is 5.97. The van der Waals surface area contributed by atoms with Crippen molar-refractivity contribution in [2.45, 2.75) is 6.42 Å². The summed E-state index contributed by atoms with van der Waals surface area (Å²) in [7, 11) is 1.70. The fourth-order valence-electron chi connectivity index (χ4n) is 2.90. The molecule has 23 heavy (non-hydrogen) atoms. The Morgan fingerprint density at radius 2 is 1.83 bits per heavy atom. The van der Waals surface area contributed by atoms with Gasteiger partial charge in [-0.15, -0.1) is 0 Å². The maximum absolute atomic E-state index is 5.97. The zero-order valence-corrected chi connectivity index (χ0v) is 14.2. The highest BCUT2D eigenvalue weighted by Crippen LogP contribution is 2.19. The molecular formula is C18H22ClN3O. The molecule has 4 nitrogen and oxygen atoms in total. The summed E-state index contributed by atoms with van der Waals surface area (Å²) in [6, 6.07) is 12.3. The maximum Gasteiger partial charge on any atom is 0.131 e. The molecule has 0 radical (unpaired) electrons. The van der Waals surface area contributed by atoms with Crippen LogP contribution in [0.3, 0.4) is 0 Å². The second-order valence-corrected chi connectivity index (χ2v) is 6.15. The number of aromatic nitrogens is 1. The monoisotopic (exact) mass is 331 g/mol. The number of benzene rings is 1. The molecule has 1 aromatic heterocycles. The molecule has 0 atom stereocenters. The van der Waals surface area contributed by atoms with E-state index >= 15 is 0 Å². The number of rotatable bonds is 5. The standard InChI is InChI=1S/C18H22ClN3O/c1-23-17-4-2-15(3-5-17)7-9-21-10-12-22(13-11-21)16-6-8-20-18(19)14-16/h2-6,8,14H,7,9-13H2,1H3. The van der Waals surface area contributed by atoms with E-state index in [1.165, 1.54) is 11.3 Å². The molecule has 1 aromatic carbocycles. The largest absolute Gasteiger partial charge is 0.497 e. The van der Waals surface area contributed by atoms with Gasteiger partial charge in [0.1, 0.15) is 10.9 Å². The summed E-state index contributed by atoms with van der Waals surface area (Å²) in [5.41, 5.74) is 2.52. The van der Waals surface area contributed by atoms with Gasteiger partial charge in [0.05, 0.1) is 7.11 Å². The van der Waals surface area contributed by atoms with Gasteiger partial charge in [0.25, 0.3) is 0 Å². The fraction of sp³-hybridized carbons (Fsp3) is 0.389. The van der Waals surface area contributed by atoms with E-state index in [0.717, 1.165) is 44.9 Å². The first kappa shape index (κ1) is 16.1. The van der Waals surface area contributed by atoms with Crippen LogP contribution in [0.25, 0.3) is 0 Å². The number of halogens is 1. The van der Waals surface area contributed by atoms with E-state index in [0.29, 0.717) is 5.15 Å². The van der Waals surface area contributed by atoms with Crippen LogP contribution in [0.4, 0.5) is 5.69 Å². The average Bonchev–Trinajstić information content (AvgIpc) is 2.61. The average molecular weight is 332 g/mol. The summed E-state index contributed by atoms with van der Waals surface area (Å²) >= 11 is 5.97. The normalized spacial score (nSPS) is 15.7. The molecule has 1 fully saturated rings. The van der Waals surface area contributed by atoms with Gasteiger partial charge < -0.3 is 9.64 Å². The van der Waals surface area contributed by atoms with E-state index in [4.69, 9.17) is 16.3 Å². The van der Waals surface area contributed by atoms with Gasteiger partial charge in [0, 0.05) is 44.6 Å². The minimum absolute atomic E-state index is 0.560. The third kappa shape index (κ3) is 4.36. The third-order valence-corrected chi connectivity index (χ3v) is 4.53. The van der Waals surface area contributed by atoms with Crippen molar-refractivity contribution in [2.75, 3.05) is 44.7 Å². The molecule has 5 heteroatoms. The number of methoxy groups -OCH3 is 1. The Morgan fingerprint density at radius 3 is 2.48 bits per heavy atom. The van der Waals surface area contributed by atoms with Gasteiger partial charge >= 0.3 is 0 Å². The molecule has 1 aliphatic heterocycles. The molecule has 1 saturated heterocycles. The Bertz CT molecular complexity index is 624. The number of piperazine rings is 1. The van der Waals surface area contributed by atoms with Crippen LogP contribution in [0, 0.1) is 0 Å². The van der Waals surface area contributed by atoms with E-state index in [9.17, 15) is 0 Å². The smallest absolute Gasteiger partial charge is 0.131 e. The van der Waals surface area contributed by atoms with Crippen molar-refractivity contribution in [3.63, 3.8) is 0 Å². The molecule has 0 unspecified atom stereocenters. The summed E-state index contributed by atoms with van der Waals surface area (Å²) in [5.74, 6) is 0.915. The highest BCUT2D eigenvalue weighted by Gasteiger charge is 2.17. The molecular weight excluding hydrogens is 310 g/mol. The second kappa shape index (κ2) is 7.66. The van der Waals surface area contributed by atoms with Crippen LogP contribution < -0.4 is 9.64 Å². The number of anilines is 1. The van der Waals surface area contributed by atoms with Crippen LogP contribution in [0.15, 0.2) is 42.6 Å². The van der Waals surface area contributed by atoms with Gasteiger partial charge in [0.2, 0.25) is 0 Å². The van der Waals surface area contributed by atoms with Crippen LogP contribution in [-0.2, 0) is 6.42 Å². The first-order valence-corrected chi connectivity index (χ1v) is 8.34.